The fourth-order valence-electron chi connectivity index (χ4n) is 2.96. The Morgan fingerprint density at radius 3 is 2.37 bits per heavy atom. The lowest BCUT2D eigenvalue weighted by Crippen LogP contribution is -2.41. The van der Waals surface area contributed by atoms with E-state index in [1.807, 2.05) is 20.8 Å². The largest absolute Gasteiger partial charge is 0.511 e. The molecule has 0 saturated carbocycles. The lowest BCUT2D eigenvalue weighted by molar-refractivity contribution is -0.757. The molecular formula is C21H23ClF3NO9. The molecular weight excluding hydrogens is 503 g/mol. The van der Waals surface area contributed by atoms with E-state index in [0.29, 0.717) is 5.56 Å². The van der Waals surface area contributed by atoms with E-state index in [1.165, 1.54) is 12.1 Å². The molecule has 0 bridgehead atoms. The maximum absolute atomic E-state index is 13.6. The van der Waals surface area contributed by atoms with Gasteiger partial charge in [-0.15, -0.1) is 10.1 Å². The van der Waals surface area contributed by atoms with Crippen LogP contribution in [0, 0.1) is 10.1 Å². The third-order valence-electron chi connectivity index (χ3n) is 4.60. The number of esters is 1. The van der Waals surface area contributed by atoms with E-state index in [4.69, 9.17) is 16.3 Å². The van der Waals surface area contributed by atoms with Crippen LogP contribution in [-0.2, 0) is 29.3 Å². The van der Waals surface area contributed by atoms with E-state index in [1.54, 1.807) is 0 Å². The van der Waals surface area contributed by atoms with Crippen molar-refractivity contribution < 1.29 is 51.6 Å². The van der Waals surface area contributed by atoms with Crippen LogP contribution in [0.2, 0.25) is 5.02 Å². The Balaban J connectivity index is 2.00. The first-order chi connectivity index (χ1) is 16.2. The molecule has 0 fully saturated rings. The molecule has 1 aromatic rings. The Labute approximate surface area is 203 Å². The highest BCUT2D eigenvalue weighted by Crippen LogP contribution is 2.42. The van der Waals surface area contributed by atoms with Crippen molar-refractivity contribution in [3.8, 4) is 5.75 Å². The maximum Gasteiger partial charge on any atom is 0.511 e. The number of carbonyl (C=O) groups excluding carboxylic acids is 2. The zero-order valence-electron chi connectivity index (χ0n) is 19.0. The van der Waals surface area contributed by atoms with Gasteiger partial charge in [0.15, 0.2) is 0 Å². The van der Waals surface area contributed by atoms with Gasteiger partial charge in [0.05, 0.1) is 18.8 Å². The molecule has 35 heavy (non-hydrogen) atoms. The van der Waals surface area contributed by atoms with Crippen LogP contribution >= 0.6 is 11.6 Å². The summed E-state index contributed by atoms with van der Waals surface area (Å²) in [6.45, 7) is 4.13. The molecule has 1 aromatic carbocycles. The Bertz CT molecular complexity index is 989. The Morgan fingerprint density at radius 2 is 1.77 bits per heavy atom. The molecule has 14 heteroatoms. The third-order valence-corrected chi connectivity index (χ3v) is 4.91. The summed E-state index contributed by atoms with van der Waals surface area (Å²) in [7, 11) is 0. The summed E-state index contributed by atoms with van der Waals surface area (Å²) in [4.78, 5) is 37.9. The van der Waals surface area contributed by atoms with Gasteiger partial charge in [-0.3, -0.25) is 0 Å². The molecule has 10 nitrogen and oxygen atoms in total. The number of rotatable bonds is 9. The van der Waals surface area contributed by atoms with Crippen molar-refractivity contribution in [3.05, 3.63) is 44.0 Å². The number of alkyl halides is 3. The van der Waals surface area contributed by atoms with Gasteiger partial charge in [-0.25, -0.2) is 9.59 Å². The van der Waals surface area contributed by atoms with Gasteiger partial charge in [-0.2, -0.15) is 13.2 Å². The van der Waals surface area contributed by atoms with Crippen molar-refractivity contribution in [1.82, 2.24) is 0 Å². The van der Waals surface area contributed by atoms with Gasteiger partial charge in [0.2, 0.25) is 12.9 Å². The standard InChI is InChI=1S/C21H23ClF3NO9/c1-20(2,3)14-10-16-12(9-15(14)22)8-13(17(35-16)21(23,24)25)18(27)32-11-33-19(28)31-6-4-5-7-34-26(29)30/h8-10,17H,4-7,11H2,1-3H3/t17-/m0/s1. The molecule has 0 aromatic heterocycles. The first-order valence-electron chi connectivity index (χ1n) is 10.2. The van der Waals surface area contributed by atoms with Gasteiger partial charge < -0.3 is 23.8 Å². The number of nitrogens with zero attached hydrogens (tertiary/aromatic N) is 1. The van der Waals surface area contributed by atoms with Gasteiger partial charge in [0, 0.05) is 10.6 Å². The molecule has 1 atom stereocenters. The molecule has 0 radical (unpaired) electrons. The van der Waals surface area contributed by atoms with Gasteiger partial charge in [0.25, 0.3) is 5.09 Å². The van der Waals surface area contributed by atoms with Crippen molar-refractivity contribution in [2.45, 2.75) is 51.3 Å². The molecule has 0 aliphatic carbocycles. The van der Waals surface area contributed by atoms with Crippen molar-refractivity contribution in [2.24, 2.45) is 0 Å². The van der Waals surface area contributed by atoms with Crippen LogP contribution in [-0.4, -0.2) is 49.5 Å². The molecule has 194 valence electrons. The number of carbonyl (C=O) groups is 2. The van der Waals surface area contributed by atoms with Crippen LogP contribution in [0.25, 0.3) is 6.08 Å². The van der Waals surface area contributed by atoms with E-state index < -0.39 is 47.3 Å². The summed E-state index contributed by atoms with van der Waals surface area (Å²) in [6.07, 6.45) is -7.39. The average molecular weight is 526 g/mol. The molecule has 0 unspecified atom stereocenters. The van der Waals surface area contributed by atoms with E-state index in [-0.39, 0.29) is 42.4 Å². The molecule has 2 rings (SSSR count). The second kappa shape index (κ2) is 11.5. The van der Waals surface area contributed by atoms with Crippen molar-refractivity contribution in [2.75, 3.05) is 20.0 Å². The summed E-state index contributed by atoms with van der Waals surface area (Å²) in [5, 5.41) is 9.30. The summed E-state index contributed by atoms with van der Waals surface area (Å²) in [6, 6.07) is 2.79. The first kappa shape index (κ1) is 28.0. The maximum atomic E-state index is 13.6. The number of hydrogen-bond donors (Lipinski definition) is 0. The van der Waals surface area contributed by atoms with Crippen molar-refractivity contribution >= 4 is 29.8 Å². The van der Waals surface area contributed by atoms with Gasteiger partial charge in [-0.1, -0.05) is 32.4 Å². The van der Waals surface area contributed by atoms with E-state index in [0.717, 1.165) is 6.08 Å². The highest BCUT2D eigenvalue weighted by molar-refractivity contribution is 6.31. The number of fused-ring (bicyclic) bond motifs is 1. The molecule has 0 amide bonds. The Kier molecular flexibility index (Phi) is 9.18. The van der Waals surface area contributed by atoms with E-state index in [9.17, 15) is 32.9 Å². The van der Waals surface area contributed by atoms with Crippen LogP contribution in [0.15, 0.2) is 17.7 Å². The highest BCUT2D eigenvalue weighted by Gasteiger charge is 2.49. The normalized spacial score (nSPS) is 15.3. The van der Waals surface area contributed by atoms with E-state index >= 15 is 0 Å². The van der Waals surface area contributed by atoms with Gasteiger partial charge >= 0.3 is 18.3 Å². The molecule has 1 heterocycles. The summed E-state index contributed by atoms with van der Waals surface area (Å²) in [5.74, 6) is -1.51. The monoisotopic (exact) mass is 525 g/mol. The second-order valence-electron chi connectivity index (χ2n) is 8.32. The summed E-state index contributed by atoms with van der Waals surface area (Å²) >= 11 is 6.27. The predicted octanol–water partition coefficient (Wildman–Crippen LogP) is 4.99. The Morgan fingerprint density at radius 1 is 1.11 bits per heavy atom. The zero-order valence-corrected chi connectivity index (χ0v) is 19.7. The number of unbranched alkanes of at least 4 members (excludes halogenated alkanes) is 1. The quantitative estimate of drug-likeness (QED) is 0.144. The first-order valence-corrected chi connectivity index (χ1v) is 10.6. The third kappa shape index (κ3) is 8.19. The topological polar surface area (TPSA) is 123 Å². The minimum atomic E-state index is -4.94. The number of hydrogen-bond acceptors (Lipinski definition) is 9. The van der Waals surface area contributed by atoms with Crippen molar-refractivity contribution in [3.63, 3.8) is 0 Å². The fourth-order valence-corrected chi connectivity index (χ4v) is 3.41. The predicted molar refractivity (Wildman–Crippen MR) is 114 cm³/mol. The molecule has 0 N–H and O–H groups in total. The van der Waals surface area contributed by atoms with Gasteiger partial charge in [-0.05, 0) is 42.0 Å². The van der Waals surface area contributed by atoms with Gasteiger partial charge in [0.1, 0.15) is 5.75 Å². The van der Waals surface area contributed by atoms with Crippen LogP contribution in [0.1, 0.15) is 44.7 Å². The smallest absolute Gasteiger partial charge is 0.475 e. The van der Waals surface area contributed by atoms with Crippen LogP contribution in [0.5, 0.6) is 5.75 Å². The van der Waals surface area contributed by atoms with Crippen LogP contribution < -0.4 is 4.74 Å². The lowest BCUT2D eigenvalue weighted by atomic mass is 9.85. The average Bonchev–Trinajstić information content (AvgIpc) is 2.73. The number of halogens is 4. The summed E-state index contributed by atoms with van der Waals surface area (Å²) in [5.41, 5.74) is -0.611. The van der Waals surface area contributed by atoms with Crippen molar-refractivity contribution in [1.29, 1.82) is 0 Å². The minimum Gasteiger partial charge on any atom is -0.475 e. The SMILES string of the molecule is CC(C)(C)c1cc2c(cc1Cl)C=C(C(=O)OCOC(=O)OCCCCO[N+](=O)[O-])[C@@H](C(F)(F)F)O2. The second-order valence-corrected chi connectivity index (χ2v) is 8.72. The van der Waals surface area contributed by atoms with Crippen LogP contribution in [0.3, 0.4) is 0 Å². The number of ether oxygens (including phenoxy) is 4. The number of benzene rings is 1. The van der Waals surface area contributed by atoms with E-state index in [2.05, 4.69) is 19.0 Å². The molecule has 1 aliphatic heterocycles. The highest BCUT2D eigenvalue weighted by atomic mass is 35.5. The molecule has 0 spiro atoms. The lowest BCUT2D eigenvalue weighted by Gasteiger charge is -2.30. The Hall–Kier alpha value is -3.22. The molecule has 0 saturated heterocycles. The zero-order chi connectivity index (χ0) is 26.4. The minimum absolute atomic E-state index is 0.0957. The van der Waals surface area contributed by atoms with Crippen LogP contribution in [0.4, 0.5) is 18.0 Å². The summed E-state index contributed by atoms with van der Waals surface area (Å²) < 4.78 is 59.8. The fraction of sp³-hybridized carbons (Fsp3) is 0.524. The molecule has 1 aliphatic rings.